The molecule has 0 aromatic rings. The molecule has 0 radical (unpaired) electrons. The normalized spacial score (nSPS) is 25.3. The van der Waals surface area contributed by atoms with E-state index < -0.39 is 0 Å². The summed E-state index contributed by atoms with van der Waals surface area (Å²) in [6.07, 6.45) is 4.81. The minimum Gasteiger partial charge on any atom is -0.465 e. The van der Waals surface area contributed by atoms with Crippen molar-refractivity contribution in [2.24, 2.45) is 11.8 Å². The molecule has 3 unspecified atom stereocenters. The molecule has 112 valence electrons. The van der Waals surface area contributed by atoms with Gasteiger partial charge in [0.25, 0.3) is 0 Å². The zero-order valence-corrected chi connectivity index (χ0v) is 12.9. The third-order valence-corrected chi connectivity index (χ3v) is 3.91. The Hall–Kier alpha value is -0.610. The Kier molecular flexibility index (Phi) is 7.39. The van der Waals surface area contributed by atoms with Gasteiger partial charge in [0.2, 0.25) is 0 Å². The second-order valence-corrected chi connectivity index (χ2v) is 6.02. The van der Waals surface area contributed by atoms with Crippen LogP contribution in [0.1, 0.15) is 39.5 Å². The van der Waals surface area contributed by atoms with Gasteiger partial charge < -0.3 is 15.0 Å². The van der Waals surface area contributed by atoms with Crippen LogP contribution in [0.25, 0.3) is 0 Å². The Bertz CT molecular complexity index is 269. The number of carbonyl (C=O) groups is 1. The number of hydrogen-bond donors (Lipinski definition) is 1. The number of hydrogen-bond acceptors (Lipinski definition) is 4. The molecule has 1 N–H and O–H groups in total. The predicted molar refractivity (Wildman–Crippen MR) is 78.1 cm³/mol. The molecule has 0 heterocycles. The van der Waals surface area contributed by atoms with Crippen LogP contribution in [0.3, 0.4) is 0 Å². The van der Waals surface area contributed by atoms with Crippen LogP contribution < -0.4 is 5.32 Å². The van der Waals surface area contributed by atoms with E-state index in [2.05, 4.69) is 17.1 Å². The Morgan fingerprint density at radius 1 is 1.42 bits per heavy atom. The van der Waals surface area contributed by atoms with E-state index in [9.17, 15) is 4.79 Å². The quantitative estimate of drug-likeness (QED) is 0.717. The second kappa shape index (κ2) is 8.54. The van der Waals surface area contributed by atoms with Gasteiger partial charge in [-0.25, -0.2) is 0 Å². The average molecular weight is 270 g/mol. The van der Waals surface area contributed by atoms with Crippen molar-refractivity contribution in [1.29, 1.82) is 0 Å². The molecule has 4 nitrogen and oxygen atoms in total. The van der Waals surface area contributed by atoms with Crippen molar-refractivity contribution in [3.05, 3.63) is 0 Å². The lowest BCUT2D eigenvalue weighted by atomic mass is 9.78. The third kappa shape index (κ3) is 5.91. The molecule has 0 aliphatic heterocycles. The molecular weight excluding hydrogens is 240 g/mol. The summed E-state index contributed by atoms with van der Waals surface area (Å²) in [5.41, 5.74) is 0. The Morgan fingerprint density at radius 3 is 2.74 bits per heavy atom. The van der Waals surface area contributed by atoms with E-state index in [1.807, 2.05) is 21.0 Å². The van der Waals surface area contributed by atoms with Gasteiger partial charge in [-0.05, 0) is 45.7 Å². The number of esters is 1. The summed E-state index contributed by atoms with van der Waals surface area (Å²) in [6.45, 7) is 6.40. The van der Waals surface area contributed by atoms with Gasteiger partial charge in [-0.3, -0.25) is 4.79 Å². The van der Waals surface area contributed by atoms with E-state index in [0.717, 1.165) is 31.8 Å². The van der Waals surface area contributed by atoms with Gasteiger partial charge in [-0.15, -0.1) is 0 Å². The van der Waals surface area contributed by atoms with Crippen molar-refractivity contribution in [1.82, 2.24) is 10.2 Å². The fourth-order valence-corrected chi connectivity index (χ4v) is 2.90. The summed E-state index contributed by atoms with van der Waals surface area (Å²) in [6, 6.07) is -0.123. The lowest BCUT2D eigenvalue weighted by molar-refractivity contribution is -0.147. The van der Waals surface area contributed by atoms with Crippen molar-refractivity contribution < 1.29 is 9.53 Å². The summed E-state index contributed by atoms with van der Waals surface area (Å²) in [4.78, 5) is 14.3. The van der Waals surface area contributed by atoms with E-state index in [0.29, 0.717) is 12.5 Å². The molecule has 19 heavy (non-hydrogen) atoms. The Balaban J connectivity index is 2.54. The highest BCUT2D eigenvalue weighted by atomic mass is 16.5. The number of ether oxygens (including phenoxy) is 1. The first kappa shape index (κ1) is 16.4. The first-order valence-corrected chi connectivity index (χ1v) is 7.59. The molecule has 1 rings (SSSR count). The molecule has 3 atom stereocenters. The van der Waals surface area contributed by atoms with E-state index in [1.54, 1.807) is 0 Å². The van der Waals surface area contributed by atoms with Crippen LogP contribution in [-0.4, -0.2) is 50.7 Å². The minimum absolute atomic E-state index is 0.0691. The molecule has 1 saturated carbocycles. The maximum absolute atomic E-state index is 12.1. The molecule has 4 heteroatoms. The van der Waals surface area contributed by atoms with Gasteiger partial charge in [0.1, 0.15) is 6.04 Å². The summed E-state index contributed by atoms with van der Waals surface area (Å²) < 4.78 is 5.23. The van der Waals surface area contributed by atoms with Crippen molar-refractivity contribution in [2.45, 2.75) is 45.6 Å². The van der Waals surface area contributed by atoms with Crippen LogP contribution in [0.5, 0.6) is 0 Å². The second-order valence-electron chi connectivity index (χ2n) is 6.02. The highest BCUT2D eigenvalue weighted by molar-refractivity contribution is 5.76. The number of likely N-dealkylation sites (N-methyl/N-ethyl adjacent to an activating group) is 1. The van der Waals surface area contributed by atoms with Crippen molar-refractivity contribution in [3.63, 3.8) is 0 Å². The number of nitrogens with one attached hydrogen (secondary N) is 1. The fraction of sp³-hybridized carbons (Fsp3) is 0.933. The summed E-state index contributed by atoms with van der Waals surface area (Å²) >= 11 is 0. The zero-order valence-electron chi connectivity index (χ0n) is 12.9. The van der Waals surface area contributed by atoms with Crippen LogP contribution in [0.2, 0.25) is 0 Å². The van der Waals surface area contributed by atoms with Crippen molar-refractivity contribution in [2.75, 3.05) is 33.8 Å². The standard InChI is InChI=1S/C15H30N2O2/c1-5-19-15(18)14(16-9-10-17(3)4)13-8-6-7-12(2)11-13/h12-14,16H,5-11H2,1-4H3. The van der Waals surface area contributed by atoms with Crippen molar-refractivity contribution in [3.8, 4) is 0 Å². The predicted octanol–water partition coefficient (Wildman–Crippen LogP) is 1.90. The lowest BCUT2D eigenvalue weighted by Crippen LogP contribution is -2.47. The van der Waals surface area contributed by atoms with Crippen molar-refractivity contribution >= 4 is 5.97 Å². The first-order chi connectivity index (χ1) is 9.04. The largest absolute Gasteiger partial charge is 0.465 e. The highest BCUT2D eigenvalue weighted by Gasteiger charge is 2.32. The molecule has 1 fully saturated rings. The molecular formula is C15H30N2O2. The molecule has 1 aliphatic rings. The van der Waals surface area contributed by atoms with Crippen LogP contribution in [0.4, 0.5) is 0 Å². The molecule has 0 spiro atoms. The average Bonchev–Trinajstić information content (AvgIpc) is 2.34. The third-order valence-electron chi connectivity index (χ3n) is 3.91. The van der Waals surface area contributed by atoms with Crippen LogP contribution in [-0.2, 0) is 9.53 Å². The number of nitrogens with zero attached hydrogens (tertiary/aromatic N) is 1. The van der Waals surface area contributed by atoms with E-state index >= 15 is 0 Å². The zero-order chi connectivity index (χ0) is 14.3. The smallest absolute Gasteiger partial charge is 0.323 e. The molecule has 0 aromatic heterocycles. The molecule has 1 aliphatic carbocycles. The number of rotatable bonds is 7. The monoisotopic (exact) mass is 270 g/mol. The van der Waals surface area contributed by atoms with Gasteiger partial charge in [-0.2, -0.15) is 0 Å². The van der Waals surface area contributed by atoms with Gasteiger partial charge in [0.05, 0.1) is 6.61 Å². The van der Waals surface area contributed by atoms with Gasteiger partial charge >= 0.3 is 5.97 Å². The molecule has 0 amide bonds. The SMILES string of the molecule is CCOC(=O)C(NCCN(C)C)C1CCCC(C)C1. The van der Waals surface area contributed by atoms with Crippen LogP contribution >= 0.6 is 0 Å². The first-order valence-electron chi connectivity index (χ1n) is 7.59. The van der Waals surface area contributed by atoms with Crippen LogP contribution in [0, 0.1) is 11.8 Å². The maximum atomic E-state index is 12.1. The lowest BCUT2D eigenvalue weighted by Gasteiger charge is -2.32. The van der Waals surface area contributed by atoms with Gasteiger partial charge in [-0.1, -0.05) is 19.8 Å². The Labute approximate surface area is 117 Å². The van der Waals surface area contributed by atoms with Gasteiger partial charge in [0, 0.05) is 13.1 Å². The summed E-state index contributed by atoms with van der Waals surface area (Å²) in [5, 5.41) is 3.41. The van der Waals surface area contributed by atoms with E-state index in [1.165, 1.54) is 12.8 Å². The molecule has 0 aromatic carbocycles. The van der Waals surface area contributed by atoms with Gasteiger partial charge in [0.15, 0.2) is 0 Å². The highest BCUT2D eigenvalue weighted by Crippen LogP contribution is 2.31. The Morgan fingerprint density at radius 2 is 2.16 bits per heavy atom. The number of carbonyl (C=O) groups excluding carboxylic acids is 1. The van der Waals surface area contributed by atoms with E-state index in [4.69, 9.17) is 4.74 Å². The maximum Gasteiger partial charge on any atom is 0.323 e. The molecule has 0 saturated heterocycles. The summed E-state index contributed by atoms with van der Waals surface area (Å²) in [7, 11) is 4.09. The van der Waals surface area contributed by atoms with E-state index in [-0.39, 0.29) is 12.0 Å². The topological polar surface area (TPSA) is 41.6 Å². The fourth-order valence-electron chi connectivity index (χ4n) is 2.90. The minimum atomic E-state index is -0.123. The van der Waals surface area contributed by atoms with Crippen LogP contribution in [0.15, 0.2) is 0 Å². The molecule has 0 bridgehead atoms. The summed E-state index contributed by atoms with van der Waals surface area (Å²) in [5.74, 6) is 1.09.